The second-order valence-corrected chi connectivity index (χ2v) is 8.94. The van der Waals surface area contributed by atoms with Crippen molar-refractivity contribution < 1.29 is 9.53 Å². The smallest absolute Gasteiger partial charge is 0.262 e. The highest BCUT2D eigenvalue weighted by atomic mass is 79.9. The third kappa shape index (κ3) is 5.25. The summed E-state index contributed by atoms with van der Waals surface area (Å²) >= 11 is 5.10. The van der Waals surface area contributed by atoms with Crippen LogP contribution in [0.4, 0.5) is 0 Å². The van der Waals surface area contributed by atoms with Gasteiger partial charge in [0.1, 0.15) is 24.0 Å². The molecule has 1 amide bonds. The number of rotatable bonds is 7. The van der Waals surface area contributed by atoms with Crippen molar-refractivity contribution in [2.45, 2.75) is 13.2 Å². The van der Waals surface area contributed by atoms with Gasteiger partial charge in [-0.05, 0) is 67.5 Å². The van der Waals surface area contributed by atoms with Gasteiger partial charge in [0.15, 0.2) is 0 Å². The van der Waals surface area contributed by atoms with E-state index in [0.29, 0.717) is 18.9 Å². The number of halogens is 1. The minimum atomic E-state index is -0.395. The van der Waals surface area contributed by atoms with Gasteiger partial charge in [-0.25, -0.2) is 0 Å². The molecule has 4 aromatic rings. The van der Waals surface area contributed by atoms with Crippen molar-refractivity contribution in [3.05, 3.63) is 104 Å². The first-order valence-electron chi connectivity index (χ1n) is 9.95. The quantitative estimate of drug-likeness (QED) is 0.232. The number of carbonyl (C=O) groups is 1. The number of fused-ring (bicyclic) bond motifs is 1. The van der Waals surface area contributed by atoms with Crippen LogP contribution in [-0.2, 0) is 17.9 Å². The van der Waals surface area contributed by atoms with Crippen molar-refractivity contribution in [2.75, 3.05) is 0 Å². The number of nitrogens with one attached hydrogen (secondary N) is 1. The van der Waals surface area contributed by atoms with Crippen molar-refractivity contribution >= 4 is 50.0 Å². The Morgan fingerprint density at radius 2 is 1.94 bits per heavy atom. The number of hydrogen-bond acceptors (Lipinski definition) is 4. The molecule has 32 heavy (non-hydrogen) atoms. The molecule has 1 heterocycles. The zero-order chi connectivity index (χ0) is 22.3. The molecule has 4 nitrogen and oxygen atoms in total. The molecule has 0 fully saturated rings. The van der Waals surface area contributed by atoms with Crippen LogP contribution in [0, 0.1) is 11.3 Å². The summed E-state index contributed by atoms with van der Waals surface area (Å²) in [5, 5.41) is 16.5. The van der Waals surface area contributed by atoms with E-state index >= 15 is 0 Å². The predicted molar refractivity (Wildman–Crippen MR) is 132 cm³/mol. The van der Waals surface area contributed by atoms with Gasteiger partial charge in [-0.3, -0.25) is 4.79 Å². The number of ether oxygens (including phenoxy) is 1. The summed E-state index contributed by atoms with van der Waals surface area (Å²) in [7, 11) is 0. The molecule has 0 aliphatic rings. The van der Waals surface area contributed by atoms with Gasteiger partial charge in [-0.2, -0.15) is 5.26 Å². The molecular formula is C26H19BrN2O2S. The first-order valence-corrected chi connectivity index (χ1v) is 11.6. The van der Waals surface area contributed by atoms with Crippen LogP contribution in [0.15, 0.2) is 88.2 Å². The van der Waals surface area contributed by atoms with Crippen LogP contribution in [0.2, 0.25) is 0 Å². The van der Waals surface area contributed by atoms with Crippen LogP contribution in [0.1, 0.15) is 16.0 Å². The Kier molecular flexibility index (Phi) is 7.00. The zero-order valence-corrected chi connectivity index (χ0v) is 19.4. The number of nitriles is 1. The van der Waals surface area contributed by atoms with Crippen molar-refractivity contribution in [1.29, 1.82) is 5.26 Å². The molecule has 0 spiro atoms. The number of hydrogen-bond donors (Lipinski definition) is 1. The van der Waals surface area contributed by atoms with Gasteiger partial charge in [0.2, 0.25) is 0 Å². The lowest BCUT2D eigenvalue weighted by Gasteiger charge is -2.11. The minimum Gasteiger partial charge on any atom is -0.488 e. The molecule has 0 aliphatic heterocycles. The average molecular weight is 503 g/mol. The van der Waals surface area contributed by atoms with Crippen molar-refractivity contribution in [2.24, 2.45) is 0 Å². The monoisotopic (exact) mass is 502 g/mol. The van der Waals surface area contributed by atoms with E-state index in [0.717, 1.165) is 25.9 Å². The number of carbonyl (C=O) groups excluding carboxylic acids is 1. The van der Waals surface area contributed by atoms with E-state index in [1.165, 1.54) is 5.39 Å². The summed E-state index contributed by atoms with van der Waals surface area (Å²) in [5.74, 6) is 0.295. The third-order valence-electron chi connectivity index (χ3n) is 4.90. The fourth-order valence-corrected chi connectivity index (χ4v) is 4.44. The Hall–Kier alpha value is -3.40. The van der Waals surface area contributed by atoms with Crippen molar-refractivity contribution in [3.63, 3.8) is 0 Å². The summed E-state index contributed by atoms with van der Waals surface area (Å²) in [5.41, 5.74) is 1.89. The van der Waals surface area contributed by atoms with Gasteiger partial charge < -0.3 is 10.1 Å². The maximum atomic E-state index is 12.4. The van der Waals surface area contributed by atoms with Gasteiger partial charge in [-0.15, -0.1) is 11.3 Å². The lowest BCUT2D eigenvalue weighted by Crippen LogP contribution is -2.23. The second-order valence-electron chi connectivity index (χ2n) is 7.05. The molecule has 0 saturated carbocycles. The molecule has 0 unspecified atom stereocenters. The normalized spacial score (nSPS) is 11.2. The molecular weight excluding hydrogens is 484 g/mol. The van der Waals surface area contributed by atoms with Crippen LogP contribution >= 0.6 is 27.3 Å². The molecule has 0 aliphatic carbocycles. The van der Waals surface area contributed by atoms with Crippen LogP contribution in [0.5, 0.6) is 5.75 Å². The Morgan fingerprint density at radius 3 is 2.72 bits per heavy atom. The highest BCUT2D eigenvalue weighted by Crippen LogP contribution is 2.29. The second kappa shape index (κ2) is 10.3. The molecule has 3 aromatic carbocycles. The zero-order valence-electron chi connectivity index (χ0n) is 17.0. The highest BCUT2D eigenvalue weighted by Gasteiger charge is 2.10. The van der Waals surface area contributed by atoms with Crippen LogP contribution in [0.25, 0.3) is 16.8 Å². The predicted octanol–water partition coefficient (Wildman–Crippen LogP) is 6.47. The fraction of sp³-hybridized carbons (Fsp3) is 0.0769. The number of thiophene rings is 1. The molecule has 1 N–H and O–H groups in total. The summed E-state index contributed by atoms with van der Waals surface area (Å²) in [4.78, 5) is 13.4. The average Bonchev–Trinajstić information content (AvgIpc) is 3.34. The van der Waals surface area contributed by atoms with Crippen molar-refractivity contribution in [3.8, 4) is 11.8 Å². The molecule has 0 bridgehead atoms. The molecule has 0 atom stereocenters. The van der Waals surface area contributed by atoms with E-state index in [1.54, 1.807) is 17.4 Å². The van der Waals surface area contributed by atoms with Gasteiger partial charge in [0.05, 0.1) is 11.0 Å². The SMILES string of the molecule is N#C/C(=C\c1ccc(OCc2cccc3ccccc23)c(Br)c1)C(=O)NCc1cccs1. The molecule has 0 saturated heterocycles. The molecule has 158 valence electrons. The van der Waals surface area contributed by atoms with Gasteiger partial charge in [0, 0.05) is 4.88 Å². The lowest BCUT2D eigenvalue weighted by molar-refractivity contribution is -0.117. The first kappa shape index (κ1) is 21.8. The highest BCUT2D eigenvalue weighted by molar-refractivity contribution is 9.10. The molecule has 6 heteroatoms. The van der Waals surface area contributed by atoms with Crippen LogP contribution in [0.3, 0.4) is 0 Å². The molecule has 1 aromatic heterocycles. The Morgan fingerprint density at radius 1 is 1.09 bits per heavy atom. The summed E-state index contributed by atoms with van der Waals surface area (Å²) in [6, 6.07) is 25.7. The van der Waals surface area contributed by atoms with Crippen molar-refractivity contribution in [1.82, 2.24) is 5.32 Å². The Bertz CT molecular complexity index is 1320. The van der Waals surface area contributed by atoms with Crippen LogP contribution in [-0.4, -0.2) is 5.91 Å². The summed E-state index contributed by atoms with van der Waals surface area (Å²) in [6.45, 7) is 0.837. The fourth-order valence-electron chi connectivity index (χ4n) is 3.29. The Labute approximate surface area is 198 Å². The van der Waals surface area contributed by atoms with Gasteiger partial charge in [0.25, 0.3) is 5.91 Å². The van der Waals surface area contributed by atoms with E-state index in [2.05, 4.69) is 45.5 Å². The summed E-state index contributed by atoms with van der Waals surface area (Å²) < 4.78 is 6.79. The summed E-state index contributed by atoms with van der Waals surface area (Å²) in [6.07, 6.45) is 1.57. The molecule has 0 radical (unpaired) electrons. The topological polar surface area (TPSA) is 62.1 Å². The number of amides is 1. The maximum absolute atomic E-state index is 12.4. The number of benzene rings is 3. The van der Waals surface area contributed by atoms with Crippen LogP contribution < -0.4 is 10.1 Å². The van der Waals surface area contributed by atoms with Gasteiger partial charge >= 0.3 is 0 Å². The minimum absolute atomic E-state index is 0.0536. The van der Waals surface area contributed by atoms with E-state index in [4.69, 9.17) is 4.74 Å². The van der Waals surface area contributed by atoms with E-state index < -0.39 is 5.91 Å². The van der Waals surface area contributed by atoms with E-state index in [-0.39, 0.29) is 5.57 Å². The van der Waals surface area contributed by atoms with E-state index in [9.17, 15) is 10.1 Å². The van der Waals surface area contributed by atoms with E-state index in [1.807, 2.05) is 60.0 Å². The molecule has 4 rings (SSSR count). The third-order valence-corrected chi connectivity index (χ3v) is 6.39. The lowest BCUT2D eigenvalue weighted by atomic mass is 10.1. The largest absolute Gasteiger partial charge is 0.488 e. The maximum Gasteiger partial charge on any atom is 0.262 e. The Balaban J connectivity index is 1.45. The van der Waals surface area contributed by atoms with Gasteiger partial charge in [-0.1, -0.05) is 54.6 Å². The first-order chi connectivity index (χ1) is 15.6. The number of nitrogens with zero attached hydrogens (tertiary/aromatic N) is 1. The standard InChI is InChI=1S/C26H19BrN2O2S/c27-24-14-18(13-21(15-28)26(30)29-16-22-8-4-12-32-22)10-11-25(24)31-17-20-7-3-6-19-5-1-2-9-23(19)20/h1-14H,16-17H2,(H,29,30)/b21-13+.